The lowest BCUT2D eigenvalue weighted by molar-refractivity contribution is -0.187. The Bertz CT molecular complexity index is 1020. The summed E-state index contributed by atoms with van der Waals surface area (Å²) in [7, 11) is 0. The van der Waals surface area contributed by atoms with Crippen LogP contribution in [-0.2, 0) is 23.9 Å². The van der Waals surface area contributed by atoms with Gasteiger partial charge in [-0.1, -0.05) is 20.8 Å². The first-order valence-corrected chi connectivity index (χ1v) is 14.0. The number of Topliss-reactive ketones (excluding diaryl/α,β-unsaturated/α-hetero) is 3. The number of aliphatic hydroxyl groups is 1. The summed E-state index contributed by atoms with van der Waals surface area (Å²) in [6, 6.07) is 0. The number of hydrogen-bond donors (Lipinski definition) is 1. The molecule has 0 aromatic rings. The molecule has 36 heavy (non-hydrogen) atoms. The van der Waals surface area contributed by atoms with Crippen LogP contribution in [0.3, 0.4) is 0 Å². The summed E-state index contributed by atoms with van der Waals surface area (Å²) >= 11 is 0. The summed E-state index contributed by atoms with van der Waals surface area (Å²) in [6.07, 6.45) is 5.33. The van der Waals surface area contributed by atoms with E-state index in [1.54, 1.807) is 13.8 Å². The topological polar surface area (TPSA) is 101 Å². The lowest BCUT2D eigenvalue weighted by Gasteiger charge is -2.64. The zero-order valence-corrected chi connectivity index (χ0v) is 23.1. The molecule has 0 aromatic carbocycles. The molecule has 4 aliphatic carbocycles. The molecule has 0 amide bonds. The summed E-state index contributed by atoms with van der Waals surface area (Å²) in [5.41, 5.74) is -3.97. The zero-order valence-electron chi connectivity index (χ0n) is 23.1. The normalized spacial score (nSPS) is 47.8. The minimum absolute atomic E-state index is 0.0287. The van der Waals surface area contributed by atoms with E-state index in [1.807, 2.05) is 13.8 Å². The van der Waals surface area contributed by atoms with Crippen LogP contribution in [0.25, 0.3) is 0 Å². The van der Waals surface area contributed by atoms with Crippen LogP contribution in [0.5, 0.6) is 0 Å². The third kappa shape index (κ3) is 3.03. The minimum Gasteiger partial charge on any atom is -0.390 e. The molecule has 6 heteroatoms. The standard InChI is InChI=1S/C30H44O6/c1-17(14-18(32)15-25(2,3)35)19-10-11-28(7)23-22(34)24-30(36-24)20(8-9-21(33)26(30,4)5)29(23,16-31)13-12-27(19,28)6/h16-17,19-20,23-24,35H,8-15H2,1-7H3/t17-,19-,20+,23+,24+,27-,28+,29-,30-/m1/s1. The molecule has 0 radical (unpaired) electrons. The van der Waals surface area contributed by atoms with Crippen LogP contribution in [-0.4, -0.2) is 46.0 Å². The van der Waals surface area contributed by atoms with E-state index in [2.05, 4.69) is 20.8 Å². The third-order valence-corrected chi connectivity index (χ3v) is 12.1. The van der Waals surface area contributed by atoms with Crippen molar-refractivity contribution in [3.05, 3.63) is 0 Å². The van der Waals surface area contributed by atoms with E-state index >= 15 is 0 Å². The lowest BCUT2D eigenvalue weighted by Crippen LogP contribution is -2.69. The number of carbonyl (C=O) groups excluding carboxylic acids is 4. The Morgan fingerprint density at radius 2 is 1.78 bits per heavy atom. The Labute approximate surface area is 215 Å². The van der Waals surface area contributed by atoms with Gasteiger partial charge in [0.25, 0.3) is 0 Å². The number of aldehydes is 1. The lowest BCUT2D eigenvalue weighted by atomic mass is 9.36. The second-order valence-electron chi connectivity index (χ2n) is 14.7. The second-order valence-corrected chi connectivity index (χ2v) is 14.7. The van der Waals surface area contributed by atoms with Crippen molar-refractivity contribution in [1.29, 1.82) is 0 Å². The third-order valence-electron chi connectivity index (χ3n) is 12.1. The van der Waals surface area contributed by atoms with Crippen molar-refractivity contribution in [2.75, 3.05) is 0 Å². The van der Waals surface area contributed by atoms with E-state index in [4.69, 9.17) is 4.74 Å². The predicted octanol–water partition coefficient (Wildman–Crippen LogP) is 4.49. The smallest absolute Gasteiger partial charge is 0.169 e. The summed E-state index contributed by atoms with van der Waals surface area (Å²) < 4.78 is 6.29. The van der Waals surface area contributed by atoms with Gasteiger partial charge in [-0.2, -0.15) is 0 Å². The van der Waals surface area contributed by atoms with Crippen LogP contribution < -0.4 is 0 Å². The molecule has 5 fully saturated rings. The van der Waals surface area contributed by atoms with Crippen molar-refractivity contribution < 1.29 is 29.0 Å². The fourth-order valence-electron chi connectivity index (χ4n) is 10.2. The molecule has 1 spiro atoms. The molecule has 1 heterocycles. The van der Waals surface area contributed by atoms with Crippen molar-refractivity contribution in [3.8, 4) is 0 Å². The number of carbonyl (C=O) groups is 4. The largest absolute Gasteiger partial charge is 0.390 e. The number of hydrogen-bond acceptors (Lipinski definition) is 6. The quantitative estimate of drug-likeness (QED) is 0.426. The second kappa shape index (κ2) is 7.59. The van der Waals surface area contributed by atoms with Crippen molar-refractivity contribution in [2.45, 2.75) is 117 Å². The Balaban J connectivity index is 1.49. The zero-order chi connectivity index (χ0) is 26.7. The summed E-state index contributed by atoms with van der Waals surface area (Å²) in [4.78, 5) is 53.0. The molecule has 200 valence electrons. The van der Waals surface area contributed by atoms with Gasteiger partial charge in [0.05, 0.1) is 11.0 Å². The first kappa shape index (κ1) is 26.2. The van der Waals surface area contributed by atoms with Crippen LogP contribution in [0, 0.1) is 45.3 Å². The maximum atomic E-state index is 14.2. The summed E-state index contributed by atoms with van der Waals surface area (Å²) in [6.45, 7) is 13.8. The van der Waals surface area contributed by atoms with Crippen LogP contribution in [0.4, 0.5) is 0 Å². The highest BCUT2D eigenvalue weighted by atomic mass is 16.6. The van der Waals surface area contributed by atoms with E-state index in [0.717, 1.165) is 25.5 Å². The maximum absolute atomic E-state index is 14.2. The average molecular weight is 501 g/mol. The molecule has 1 N–H and O–H groups in total. The Morgan fingerprint density at radius 1 is 1.11 bits per heavy atom. The molecular formula is C30H44O6. The van der Waals surface area contributed by atoms with Crippen LogP contribution >= 0.6 is 0 Å². The van der Waals surface area contributed by atoms with E-state index in [0.29, 0.717) is 25.7 Å². The van der Waals surface area contributed by atoms with Gasteiger partial charge in [0.2, 0.25) is 0 Å². The molecule has 0 bridgehead atoms. The SMILES string of the molecule is C[C@H](CC(=O)CC(C)(C)O)[C@H]1CC[C@@]2(C)[C@@H]3C(=O)[C@@H]4O[C@]45[C@@H](CCC(=O)C5(C)C)[C@]3(C=O)CC[C@]12C. The molecule has 5 rings (SSSR count). The van der Waals surface area contributed by atoms with Gasteiger partial charge in [-0.25, -0.2) is 0 Å². The predicted molar refractivity (Wildman–Crippen MR) is 134 cm³/mol. The van der Waals surface area contributed by atoms with Gasteiger partial charge in [-0.3, -0.25) is 14.4 Å². The molecule has 0 aromatic heterocycles. The maximum Gasteiger partial charge on any atom is 0.169 e. The van der Waals surface area contributed by atoms with Crippen molar-refractivity contribution in [2.24, 2.45) is 45.3 Å². The molecular weight excluding hydrogens is 456 g/mol. The van der Waals surface area contributed by atoms with E-state index in [-0.39, 0.29) is 52.4 Å². The van der Waals surface area contributed by atoms with Gasteiger partial charge in [0.1, 0.15) is 29.6 Å². The highest BCUT2D eigenvalue weighted by Gasteiger charge is 2.85. The van der Waals surface area contributed by atoms with Gasteiger partial charge in [-0.15, -0.1) is 0 Å². The number of rotatable bonds is 6. The highest BCUT2D eigenvalue weighted by molar-refractivity contribution is 5.99. The van der Waals surface area contributed by atoms with Gasteiger partial charge in [0.15, 0.2) is 5.78 Å². The van der Waals surface area contributed by atoms with Crippen molar-refractivity contribution in [3.63, 3.8) is 0 Å². The molecule has 1 aliphatic heterocycles. The Morgan fingerprint density at radius 3 is 2.39 bits per heavy atom. The first-order valence-electron chi connectivity index (χ1n) is 14.0. The minimum atomic E-state index is -1.01. The van der Waals surface area contributed by atoms with Gasteiger partial charge in [0, 0.05) is 36.5 Å². The van der Waals surface area contributed by atoms with Gasteiger partial charge in [-0.05, 0) is 82.5 Å². The van der Waals surface area contributed by atoms with Crippen LogP contribution in [0.15, 0.2) is 0 Å². The highest BCUT2D eigenvalue weighted by Crippen LogP contribution is 2.78. The molecule has 6 nitrogen and oxygen atoms in total. The van der Waals surface area contributed by atoms with Crippen LogP contribution in [0.2, 0.25) is 0 Å². The van der Waals surface area contributed by atoms with Crippen molar-refractivity contribution >= 4 is 23.6 Å². The van der Waals surface area contributed by atoms with E-state index in [1.165, 1.54) is 0 Å². The van der Waals surface area contributed by atoms with E-state index in [9.17, 15) is 24.3 Å². The first-order chi connectivity index (χ1) is 16.5. The molecule has 1 saturated heterocycles. The fraction of sp³-hybridized carbons (Fsp3) is 0.867. The average Bonchev–Trinajstić information content (AvgIpc) is 3.45. The number of ether oxygens (including phenoxy) is 1. The molecule has 9 atom stereocenters. The van der Waals surface area contributed by atoms with Crippen molar-refractivity contribution in [1.82, 2.24) is 0 Å². The number of epoxide rings is 1. The van der Waals surface area contributed by atoms with Crippen LogP contribution in [0.1, 0.15) is 99.8 Å². The Hall–Kier alpha value is -1.40. The summed E-state index contributed by atoms with van der Waals surface area (Å²) in [5.74, 6) is 0.101. The monoisotopic (exact) mass is 500 g/mol. The molecule has 4 saturated carbocycles. The number of ketones is 3. The Kier molecular flexibility index (Phi) is 5.53. The number of fused-ring (bicyclic) bond motifs is 4. The fourth-order valence-corrected chi connectivity index (χ4v) is 10.2. The molecule has 5 aliphatic rings. The van der Waals surface area contributed by atoms with Gasteiger partial charge >= 0.3 is 0 Å². The molecule has 0 unspecified atom stereocenters. The summed E-state index contributed by atoms with van der Waals surface area (Å²) in [5, 5.41) is 10.1. The van der Waals surface area contributed by atoms with E-state index < -0.39 is 34.1 Å². The van der Waals surface area contributed by atoms with Gasteiger partial charge < -0.3 is 14.6 Å².